The van der Waals surface area contributed by atoms with E-state index in [0.29, 0.717) is 0 Å². The van der Waals surface area contributed by atoms with E-state index < -0.39 is 0 Å². The minimum atomic E-state index is -0.284. The van der Waals surface area contributed by atoms with E-state index in [1.54, 1.807) is 0 Å². The molecule has 1 aliphatic carbocycles. The SMILES string of the molecule is CC1(C)OB(C2=C(c3ccccc3)CC=CC2)OC1(C)C. The van der Waals surface area contributed by atoms with Crippen LogP contribution < -0.4 is 0 Å². The highest BCUT2D eigenvalue weighted by Crippen LogP contribution is 2.42. The van der Waals surface area contributed by atoms with Gasteiger partial charge in [0.05, 0.1) is 11.2 Å². The summed E-state index contributed by atoms with van der Waals surface area (Å²) in [5, 5.41) is 0. The standard InChI is InChI=1S/C18H23BO2/c1-17(2)18(3,4)21-19(20-17)16-13-9-8-12-15(16)14-10-6-5-7-11-14/h5-11H,12-13H2,1-4H3. The first kappa shape index (κ1) is 14.6. The molecule has 21 heavy (non-hydrogen) atoms. The van der Waals surface area contributed by atoms with Gasteiger partial charge in [0.25, 0.3) is 0 Å². The summed E-state index contributed by atoms with van der Waals surface area (Å²) in [4.78, 5) is 0. The maximum absolute atomic E-state index is 6.24. The van der Waals surface area contributed by atoms with Crippen molar-refractivity contribution >= 4 is 12.7 Å². The molecule has 1 aliphatic heterocycles. The van der Waals surface area contributed by atoms with Crippen LogP contribution in [-0.2, 0) is 9.31 Å². The summed E-state index contributed by atoms with van der Waals surface area (Å²) in [7, 11) is -0.241. The summed E-state index contributed by atoms with van der Waals surface area (Å²) in [5.41, 5.74) is 3.31. The van der Waals surface area contributed by atoms with Gasteiger partial charge in [-0.25, -0.2) is 0 Å². The Labute approximate surface area is 128 Å². The first-order valence-corrected chi connectivity index (χ1v) is 7.69. The molecule has 0 radical (unpaired) electrons. The number of hydrogen-bond acceptors (Lipinski definition) is 2. The molecule has 0 spiro atoms. The molecular formula is C18H23BO2. The maximum atomic E-state index is 6.24. The molecule has 2 nitrogen and oxygen atoms in total. The van der Waals surface area contributed by atoms with Crippen molar-refractivity contribution in [2.45, 2.75) is 51.7 Å². The Kier molecular flexibility index (Phi) is 3.58. The monoisotopic (exact) mass is 282 g/mol. The fourth-order valence-corrected chi connectivity index (χ4v) is 2.83. The zero-order valence-corrected chi connectivity index (χ0v) is 13.3. The Bertz CT molecular complexity index is 568. The van der Waals surface area contributed by atoms with Crippen molar-refractivity contribution in [3.8, 4) is 0 Å². The maximum Gasteiger partial charge on any atom is 0.491 e. The van der Waals surface area contributed by atoms with E-state index in [0.717, 1.165) is 12.8 Å². The van der Waals surface area contributed by atoms with Gasteiger partial charge >= 0.3 is 7.12 Å². The number of hydrogen-bond donors (Lipinski definition) is 0. The van der Waals surface area contributed by atoms with Crippen LogP contribution in [-0.4, -0.2) is 18.3 Å². The first-order valence-electron chi connectivity index (χ1n) is 7.69. The molecule has 0 amide bonds. The zero-order valence-electron chi connectivity index (χ0n) is 13.3. The summed E-state index contributed by atoms with van der Waals surface area (Å²) in [5.74, 6) is 0. The molecule has 0 bridgehead atoms. The van der Waals surface area contributed by atoms with Gasteiger partial charge in [-0.15, -0.1) is 0 Å². The molecule has 1 heterocycles. The summed E-state index contributed by atoms with van der Waals surface area (Å²) in [6.07, 6.45) is 6.30. The Morgan fingerprint density at radius 2 is 1.43 bits per heavy atom. The van der Waals surface area contributed by atoms with Crippen LogP contribution in [0.5, 0.6) is 0 Å². The van der Waals surface area contributed by atoms with Gasteiger partial charge in [0, 0.05) is 0 Å². The largest absolute Gasteiger partial charge is 0.491 e. The highest BCUT2D eigenvalue weighted by atomic mass is 16.7. The van der Waals surface area contributed by atoms with Crippen molar-refractivity contribution in [3.63, 3.8) is 0 Å². The van der Waals surface area contributed by atoms with Gasteiger partial charge in [0.1, 0.15) is 0 Å². The van der Waals surface area contributed by atoms with Gasteiger partial charge in [0.2, 0.25) is 0 Å². The van der Waals surface area contributed by atoms with Gasteiger partial charge < -0.3 is 9.31 Å². The molecule has 1 aromatic rings. The third-order valence-corrected chi connectivity index (χ3v) is 4.87. The Morgan fingerprint density at radius 1 is 0.857 bits per heavy atom. The highest BCUT2D eigenvalue weighted by Gasteiger charge is 2.52. The van der Waals surface area contributed by atoms with E-state index in [2.05, 4.69) is 70.2 Å². The zero-order chi connectivity index (χ0) is 15.1. The second kappa shape index (κ2) is 5.15. The minimum Gasteiger partial charge on any atom is -0.400 e. The number of rotatable bonds is 2. The molecule has 0 N–H and O–H groups in total. The molecule has 0 unspecified atom stereocenters. The summed E-state index contributed by atoms with van der Waals surface area (Å²) in [6, 6.07) is 10.6. The smallest absolute Gasteiger partial charge is 0.400 e. The van der Waals surface area contributed by atoms with Gasteiger partial charge in [-0.1, -0.05) is 42.5 Å². The van der Waals surface area contributed by atoms with Crippen LogP contribution in [0.1, 0.15) is 46.1 Å². The highest BCUT2D eigenvalue weighted by molar-refractivity contribution is 6.56. The van der Waals surface area contributed by atoms with Gasteiger partial charge in [0.15, 0.2) is 0 Å². The van der Waals surface area contributed by atoms with E-state index in [1.807, 2.05) is 0 Å². The predicted octanol–water partition coefficient (Wildman–Crippen LogP) is 4.42. The van der Waals surface area contributed by atoms with Crippen LogP contribution in [0.15, 0.2) is 48.0 Å². The molecule has 3 heteroatoms. The molecule has 2 aliphatic rings. The van der Waals surface area contributed by atoms with Crippen LogP contribution >= 0.6 is 0 Å². The normalized spacial score (nSPS) is 23.7. The predicted molar refractivity (Wildman–Crippen MR) is 87.8 cm³/mol. The van der Waals surface area contributed by atoms with Crippen LogP contribution in [0, 0.1) is 0 Å². The van der Waals surface area contributed by atoms with Gasteiger partial charge in [-0.2, -0.15) is 0 Å². The minimum absolute atomic E-state index is 0.241. The lowest BCUT2D eigenvalue weighted by Crippen LogP contribution is -2.41. The van der Waals surface area contributed by atoms with Crippen molar-refractivity contribution in [1.29, 1.82) is 0 Å². The molecule has 0 saturated carbocycles. The molecule has 110 valence electrons. The van der Waals surface area contributed by atoms with Crippen molar-refractivity contribution < 1.29 is 9.31 Å². The summed E-state index contributed by atoms with van der Waals surface area (Å²) in [6.45, 7) is 8.42. The Morgan fingerprint density at radius 3 is 2.05 bits per heavy atom. The number of allylic oxidation sites excluding steroid dienone is 4. The topological polar surface area (TPSA) is 18.5 Å². The summed E-state index contributed by atoms with van der Waals surface area (Å²) < 4.78 is 12.5. The first-order chi connectivity index (χ1) is 9.91. The Balaban J connectivity index is 1.97. The van der Waals surface area contributed by atoms with E-state index in [9.17, 15) is 0 Å². The van der Waals surface area contributed by atoms with Crippen molar-refractivity contribution in [3.05, 3.63) is 53.5 Å². The van der Waals surface area contributed by atoms with Crippen LogP contribution in [0.3, 0.4) is 0 Å². The Hall–Kier alpha value is -1.32. The van der Waals surface area contributed by atoms with E-state index in [-0.39, 0.29) is 18.3 Å². The van der Waals surface area contributed by atoms with Crippen LogP contribution in [0.25, 0.3) is 5.57 Å². The molecule has 0 aromatic heterocycles. The van der Waals surface area contributed by atoms with Crippen molar-refractivity contribution in [1.82, 2.24) is 0 Å². The molecule has 3 rings (SSSR count). The molecule has 1 saturated heterocycles. The van der Waals surface area contributed by atoms with E-state index in [4.69, 9.17) is 9.31 Å². The lowest BCUT2D eigenvalue weighted by molar-refractivity contribution is 0.00578. The second-order valence-corrected chi connectivity index (χ2v) is 6.84. The van der Waals surface area contributed by atoms with E-state index in [1.165, 1.54) is 16.6 Å². The third kappa shape index (κ3) is 2.61. The van der Waals surface area contributed by atoms with E-state index >= 15 is 0 Å². The number of benzene rings is 1. The lowest BCUT2D eigenvalue weighted by Gasteiger charge is -2.32. The third-order valence-electron chi connectivity index (χ3n) is 4.87. The lowest BCUT2D eigenvalue weighted by atomic mass is 9.70. The summed E-state index contributed by atoms with van der Waals surface area (Å²) >= 11 is 0. The fraction of sp³-hybridized carbons (Fsp3) is 0.444. The van der Waals surface area contributed by atoms with Crippen molar-refractivity contribution in [2.24, 2.45) is 0 Å². The van der Waals surface area contributed by atoms with Crippen LogP contribution in [0.2, 0.25) is 0 Å². The van der Waals surface area contributed by atoms with Gasteiger partial charge in [-0.05, 0) is 57.1 Å². The molecule has 1 fully saturated rings. The van der Waals surface area contributed by atoms with Gasteiger partial charge in [-0.3, -0.25) is 0 Å². The average Bonchev–Trinajstić information content (AvgIpc) is 2.68. The van der Waals surface area contributed by atoms with Crippen molar-refractivity contribution in [2.75, 3.05) is 0 Å². The van der Waals surface area contributed by atoms with Crippen LogP contribution in [0.4, 0.5) is 0 Å². The molecular weight excluding hydrogens is 259 g/mol. The molecule has 1 aromatic carbocycles. The quantitative estimate of drug-likeness (QED) is 0.590. The average molecular weight is 282 g/mol. The fourth-order valence-electron chi connectivity index (χ4n) is 2.83. The molecule has 0 atom stereocenters. The second-order valence-electron chi connectivity index (χ2n) is 6.84.